The van der Waals surface area contributed by atoms with Gasteiger partial charge in [0.25, 0.3) is 5.91 Å². The number of nitrogens with one attached hydrogen (secondary N) is 1. The van der Waals surface area contributed by atoms with Gasteiger partial charge in [-0.2, -0.15) is 0 Å². The van der Waals surface area contributed by atoms with Crippen LogP contribution in [0.4, 0.5) is 5.82 Å². The average Bonchev–Trinajstić information content (AvgIpc) is 3.50. The third-order valence-electron chi connectivity index (χ3n) is 6.17. The van der Waals surface area contributed by atoms with Gasteiger partial charge in [0, 0.05) is 25.3 Å². The molecular weight excluding hydrogens is 520 g/mol. The van der Waals surface area contributed by atoms with Crippen molar-refractivity contribution in [2.24, 2.45) is 0 Å². The maximum atomic E-state index is 13.6. The molecule has 3 aromatic rings. The van der Waals surface area contributed by atoms with Gasteiger partial charge in [-0.05, 0) is 32.4 Å². The molecule has 0 bridgehead atoms. The number of thiazole rings is 1. The van der Waals surface area contributed by atoms with Gasteiger partial charge in [-0.15, -0.1) is 11.3 Å². The van der Waals surface area contributed by atoms with Crippen molar-refractivity contribution >= 4 is 44.8 Å². The summed E-state index contributed by atoms with van der Waals surface area (Å²) < 4.78 is 33.7. The molecular formula is C23H28N6O4S3. The number of hydrogen-bond acceptors (Lipinski definition) is 9. The van der Waals surface area contributed by atoms with Crippen LogP contribution in [0.3, 0.4) is 0 Å². The van der Waals surface area contributed by atoms with Crippen molar-refractivity contribution < 1.29 is 17.9 Å². The number of thioether (sulfide) groups is 1. The van der Waals surface area contributed by atoms with Crippen LogP contribution in [0.5, 0.6) is 5.75 Å². The van der Waals surface area contributed by atoms with Crippen LogP contribution in [0.25, 0.3) is 0 Å². The van der Waals surface area contributed by atoms with Crippen LogP contribution in [0, 0.1) is 13.8 Å². The van der Waals surface area contributed by atoms with E-state index < -0.39 is 10.0 Å². The van der Waals surface area contributed by atoms with Gasteiger partial charge in [-0.25, -0.2) is 23.4 Å². The lowest BCUT2D eigenvalue weighted by molar-refractivity contribution is -0.135. The van der Waals surface area contributed by atoms with Crippen LogP contribution in [0.15, 0.2) is 17.3 Å². The largest absolute Gasteiger partial charge is 0.482 e. The van der Waals surface area contributed by atoms with E-state index in [4.69, 9.17) is 9.72 Å². The zero-order valence-electron chi connectivity index (χ0n) is 20.6. The average molecular weight is 549 g/mol. The normalized spacial score (nSPS) is 17.1. The van der Waals surface area contributed by atoms with Crippen LogP contribution in [-0.2, 0) is 34.2 Å². The van der Waals surface area contributed by atoms with E-state index in [1.807, 2.05) is 25.7 Å². The molecule has 1 atom stereocenters. The monoisotopic (exact) mass is 548 g/mol. The molecule has 0 aromatic carbocycles. The number of anilines is 1. The number of hydrogen-bond donors (Lipinski definition) is 1. The molecule has 1 N–H and O–H groups in total. The van der Waals surface area contributed by atoms with Gasteiger partial charge >= 0.3 is 0 Å². The maximum Gasteiger partial charge on any atom is 0.261 e. The number of nitrogens with zero attached hydrogens (tertiary/aromatic N) is 5. The Labute approximate surface area is 218 Å². The first kappa shape index (κ1) is 25.0. The molecule has 3 aromatic heterocycles. The van der Waals surface area contributed by atoms with Gasteiger partial charge in [-0.1, -0.05) is 18.7 Å². The molecule has 36 heavy (non-hydrogen) atoms. The van der Waals surface area contributed by atoms with Crippen molar-refractivity contribution in [3.05, 3.63) is 44.8 Å². The standard InChI is InChI=1S/C23H28N6O4S3/c1-5-15-17(6-7-18(25-15)27-36(4,31)32)33-12-19(30)28-9-8-16-20(29-10-11-34-23(29)26-16)21(28)22-13(2)24-14(3)35-22/h6-7,21H,5,8-12H2,1-4H3,(H,25,27). The zero-order chi connectivity index (χ0) is 25.6. The molecule has 0 saturated carbocycles. The molecule has 1 amide bonds. The van der Waals surface area contributed by atoms with Crippen molar-refractivity contribution in [2.45, 2.75) is 51.4 Å². The van der Waals surface area contributed by atoms with Gasteiger partial charge in [0.15, 0.2) is 11.8 Å². The number of pyridine rings is 1. The fourth-order valence-electron chi connectivity index (χ4n) is 4.72. The Morgan fingerprint density at radius 1 is 1.22 bits per heavy atom. The van der Waals surface area contributed by atoms with E-state index in [1.165, 1.54) is 6.07 Å². The number of ether oxygens (including phenoxy) is 1. The van der Waals surface area contributed by atoms with E-state index in [0.29, 0.717) is 30.8 Å². The van der Waals surface area contributed by atoms with E-state index in [9.17, 15) is 13.2 Å². The highest BCUT2D eigenvalue weighted by atomic mass is 32.2. The van der Waals surface area contributed by atoms with Gasteiger partial charge in [0.2, 0.25) is 10.0 Å². The van der Waals surface area contributed by atoms with Crippen LogP contribution < -0.4 is 9.46 Å². The van der Waals surface area contributed by atoms with E-state index in [2.05, 4.69) is 19.3 Å². The second-order valence-corrected chi connectivity index (χ2v) is 12.9. The molecule has 0 spiro atoms. The fourth-order valence-corrected chi connectivity index (χ4v) is 7.23. The Morgan fingerprint density at radius 3 is 2.72 bits per heavy atom. The van der Waals surface area contributed by atoms with E-state index >= 15 is 0 Å². The molecule has 0 aliphatic carbocycles. The highest BCUT2D eigenvalue weighted by Gasteiger charge is 2.39. The summed E-state index contributed by atoms with van der Waals surface area (Å²) in [7, 11) is -3.44. The second-order valence-electron chi connectivity index (χ2n) is 8.81. The van der Waals surface area contributed by atoms with Crippen LogP contribution >= 0.6 is 23.1 Å². The molecule has 10 nitrogen and oxygen atoms in total. The van der Waals surface area contributed by atoms with Crippen molar-refractivity contribution in [1.29, 1.82) is 0 Å². The van der Waals surface area contributed by atoms with E-state index in [-0.39, 0.29) is 24.4 Å². The minimum absolute atomic E-state index is 0.127. The smallest absolute Gasteiger partial charge is 0.261 e. The highest BCUT2D eigenvalue weighted by Crippen LogP contribution is 2.42. The quantitative estimate of drug-likeness (QED) is 0.479. The summed E-state index contributed by atoms with van der Waals surface area (Å²) in [5.74, 6) is 1.54. The number of sulfonamides is 1. The van der Waals surface area contributed by atoms with Crippen LogP contribution in [0.2, 0.25) is 0 Å². The molecule has 2 aliphatic heterocycles. The lowest BCUT2D eigenvalue weighted by Gasteiger charge is -2.36. The Hall–Kier alpha value is -2.64. The van der Waals surface area contributed by atoms with Crippen molar-refractivity contribution in [3.63, 3.8) is 0 Å². The molecule has 13 heteroatoms. The minimum Gasteiger partial charge on any atom is -0.482 e. The summed E-state index contributed by atoms with van der Waals surface area (Å²) in [5, 5.41) is 1.99. The predicted molar refractivity (Wildman–Crippen MR) is 139 cm³/mol. The molecule has 5 rings (SSSR count). The number of aromatic nitrogens is 4. The third kappa shape index (κ3) is 4.83. The molecule has 0 saturated heterocycles. The summed E-state index contributed by atoms with van der Waals surface area (Å²) in [6, 6.07) is 2.93. The lowest BCUT2D eigenvalue weighted by Crippen LogP contribution is -2.43. The SMILES string of the molecule is CCc1nc(NS(C)(=O)=O)ccc1OCC(=O)N1CCc2nc3n(c2C1c1sc(C)nc1C)CCS3. The van der Waals surface area contributed by atoms with Crippen molar-refractivity contribution in [1.82, 2.24) is 24.4 Å². The predicted octanol–water partition coefficient (Wildman–Crippen LogP) is 2.94. The van der Waals surface area contributed by atoms with Gasteiger partial charge in [0.1, 0.15) is 17.6 Å². The highest BCUT2D eigenvalue weighted by molar-refractivity contribution is 7.99. The second kappa shape index (κ2) is 9.67. The van der Waals surface area contributed by atoms with Crippen LogP contribution in [-0.4, -0.2) is 63.9 Å². The molecule has 0 fully saturated rings. The molecule has 192 valence electrons. The number of carbonyl (C=O) groups excluding carboxylic acids is 1. The Morgan fingerprint density at radius 2 is 2.03 bits per heavy atom. The summed E-state index contributed by atoms with van der Waals surface area (Å²) in [4.78, 5) is 30.4. The molecule has 5 heterocycles. The Kier molecular flexibility index (Phi) is 6.72. The lowest BCUT2D eigenvalue weighted by atomic mass is 9.99. The third-order valence-corrected chi connectivity index (χ3v) is 8.83. The Bertz CT molecular complexity index is 1430. The topological polar surface area (TPSA) is 119 Å². The molecule has 0 radical (unpaired) electrons. The number of aryl methyl sites for hydroxylation is 3. The number of fused-ring (bicyclic) bond motifs is 3. The first-order valence-corrected chi connectivity index (χ1v) is 15.4. The van der Waals surface area contributed by atoms with Crippen molar-refractivity contribution in [2.75, 3.05) is 29.9 Å². The maximum absolute atomic E-state index is 13.6. The number of rotatable bonds is 7. The Balaban J connectivity index is 1.41. The summed E-state index contributed by atoms with van der Waals surface area (Å²) in [5.41, 5.74) is 3.66. The molecule has 2 aliphatic rings. The number of amides is 1. The summed E-state index contributed by atoms with van der Waals surface area (Å²) in [6.07, 6.45) is 2.30. The molecule has 1 unspecified atom stereocenters. The van der Waals surface area contributed by atoms with Gasteiger partial charge < -0.3 is 14.2 Å². The fraction of sp³-hybridized carbons (Fsp3) is 0.478. The number of carbonyl (C=O) groups is 1. The summed E-state index contributed by atoms with van der Waals surface area (Å²) >= 11 is 3.38. The minimum atomic E-state index is -3.44. The van der Waals surface area contributed by atoms with Gasteiger partial charge in [0.05, 0.1) is 38.9 Å². The van der Waals surface area contributed by atoms with Crippen molar-refractivity contribution in [3.8, 4) is 5.75 Å². The zero-order valence-corrected chi connectivity index (χ0v) is 23.0. The first-order chi connectivity index (χ1) is 17.1. The van der Waals surface area contributed by atoms with Crippen LogP contribution in [0.1, 0.15) is 45.6 Å². The number of imidazole rings is 1. The first-order valence-electron chi connectivity index (χ1n) is 11.7. The van der Waals surface area contributed by atoms with Gasteiger partial charge in [-0.3, -0.25) is 9.52 Å². The summed E-state index contributed by atoms with van der Waals surface area (Å²) in [6.45, 7) is 7.16. The van der Waals surface area contributed by atoms with E-state index in [1.54, 1.807) is 29.2 Å². The van der Waals surface area contributed by atoms with E-state index in [0.717, 1.165) is 50.7 Å².